The number of fused-ring (bicyclic) bond motifs is 3. The number of pyridine rings is 1. The minimum absolute atomic E-state index is 0. The normalized spacial score (nSPS) is 12.2. The van der Waals surface area contributed by atoms with Crippen LogP contribution in [-0.4, -0.2) is 15.9 Å². The number of carbonyl (C=O) groups excluding carboxylic acids is 1. The predicted octanol–water partition coefficient (Wildman–Crippen LogP) is 10.8. The van der Waals surface area contributed by atoms with E-state index in [1.807, 2.05) is 52.9 Å². The molecule has 0 saturated heterocycles. The number of para-hydroxylation sites is 1. The number of aliphatic hydroxyl groups is 1. The molecule has 0 atom stereocenters. The molecule has 1 radical (unpaired) electrons. The van der Waals surface area contributed by atoms with E-state index < -0.39 is 0 Å². The van der Waals surface area contributed by atoms with E-state index in [-0.39, 0.29) is 42.5 Å². The Kier molecular flexibility index (Phi) is 12.1. The van der Waals surface area contributed by atoms with Gasteiger partial charge in [-0.2, -0.15) is 0 Å². The second-order valence-corrected chi connectivity index (χ2v) is 12.9. The van der Waals surface area contributed by atoms with Crippen molar-refractivity contribution in [3.05, 3.63) is 75.9 Å². The quantitative estimate of drug-likeness (QED) is 0.111. The first kappa shape index (κ1) is 34.9. The minimum atomic E-state index is -0.337. The van der Waals surface area contributed by atoms with Gasteiger partial charge in [0.05, 0.1) is 5.52 Å². The maximum Gasteiger partial charge on any atom is 0.164 e. The van der Waals surface area contributed by atoms with Crippen molar-refractivity contribution in [2.75, 3.05) is 0 Å². The molecule has 0 aliphatic rings. The zero-order valence-electron chi connectivity index (χ0n) is 26.4. The third-order valence-electron chi connectivity index (χ3n) is 9.01. The Balaban J connectivity index is 0.000000296. The van der Waals surface area contributed by atoms with Crippen LogP contribution in [0.1, 0.15) is 88.8 Å². The average Bonchev–Trinajstić information content (AvgIpc) is 3.25. The van der Waals surface area contributed by atoms with E-state index in [4.69, 9.17) is 4.98 Å². The fraction of sp³-hybridized carbons (Fsp3) is 0.444. The molecule has 0 fully saturated rings. The Morgan fingerprint density at radius 2 is 1.54 bits per heavy atom. The van der Waals surface area contributed by atoms with Gasteiger partial charge in [0, 0.05) is 57.7 Å². The number of thiophene rings is 1. The van der Waals surface area contributed by atoms with Crippen LogP contribution in [0.3, 0.4) is 0 Å². The molecule has 0 aliphatic heterocycles. The first-order chi connectivity index (χ1) is 18.8. The van der Waals surface area contributed by atoms with Crippen LogP contribution < -0.4 is 0 Å². The van der Waals surface area contributed by atoms with Gasteiger partial charge >= 0.3 is 0 Å². The summed E-state index contributed by atoms with van der Waals surface area (Å²) in [7, 11) is 0. The summed E-state index contributed by atoms with van der Waals surface area (Å²) in [6, 6.07) is 16.3. The Hall–Kier alpha value is -2.33. The summed E-state index contributed by atoms with van der Waals surface area (Å²) in [6.07, 6.45) is 4.75. The zero-order valence-corrected chi connectivity index (χ0v) is 29.6. The van der Waals surface area contributed by atoms with Crippen LogP contribution >= 0.6 is 11.3 Å². The van der Waals surface area contributed by atoms with Gasteiger partial charge in [-0.25, -0.2) is 0 Å². The van der Waals surface area contributed by atoms with E-state index in [2.05, 4.69) is 70.2 Å². The van der Waals surface area contributed by atoms with Crippen molar-refractivity contribution in [1.29, 1.82) is 0 Å². The molecule has 0 spiro atoms. The summed E-state index contributed by atoms with van der Waals surface area (Å²) in [4.78, 5) is 18.5. The molecule has 2 aromatic carbocycles. The number of aromatic nitrogens is 1. The fourth-order valence-electron chi connectivity index (χ4n) is 4.96. The molecular weight excluding hydrogens is 703 g/mol. The largest absolute Gasteiger partial charge is 0.512 e. The molecule has 2 aromatic heterocycles. The van der Waals surface area contributed by atoms with Gasteiger partial charge < -0.3 is 5.11 Å². The van der Waals surface area contributed by atoms with Crippen LogP contribution in [0.2, 0.25) is 0 Å². The summed E-state index contributed by atoms with van der Waals surface area (Å²) >= 11 is 1.84. The molecule has 4 rings (SSSR count). The summed E-state index contributed by atoms with van der Waals surface area (Å²) in [6.45, 7) is 20.7. The fourth-order valence-corrected chi connectivity index (χ4v) is 6.14. The van der Waals surface area contributed by atoms with Crippen LogP contribution in [0, 0.1) is 44.6 Å². The van der Waals surface area contributed by atoms with Gasteiger partial charge in [0.1, 0.15) is 5.76 Å². The minimum Gasteiger partial charge on any atom is -0.512 e. The first-order valence-electron chi connectivity index (χ1n) is 14.6. The molecule has 223 valence electrons. The van der Waals surface area contributed by atoms with Gasteiger partial charge in [-0.05, 0) is 56.5 Å². The van der Waals surface area contributed by atoms with Crippen molar-refractivity contribution in [3.8, 4) is 11.3 Å². The number of allylic oxidation sites excluding steroid dienone is 2. The van der Waals surface area contributed by atoms with E-state index in [0.29, 0.717) is 0 Å². The van der Waals surface area contributed by atoms with Gasteiger partial charge in [-0.1, -0.05) is 73.6 Å². The van der Waals surface area contributed by atoms with E-state index >= 15 is 0 Å². The number of aliphatic hydroxyl groups excluding tert-OH is 1. The van der Waals surface area contributed by atoms with Crippen LogP contribution in [0.15, 0.2) is 48.2 Å². The number of carbonyl (C=O) groups is 1. The molecule has 3 nitrogen and oxygen atoms in total. The van der Waals surface area contributed by atoms with Crippen molar-refractivity contribution in [3.63, 3.8) is 0 Å². The number of rotatable bonds is 8. The number of ketones is 1. The van der Waals surface area contributed by atoms with Gasteiger partial charge in [0.2, 0.25) is 0 Å². The standard InChI is InChI=1S/C21H18NS.C15H28O2.Ir/c1-12-9-13(2)11-16(10-12)20-21-19(14(3)15(4)23-21)17-7-5-6-8-18(17)22-20;1-7-14(5,8-2)12(16)11-13(17)15(6,9-3)10-4;/h5-10H,1-4H3;11,16H,7-10H2,1-6H3;/q-1;;/b;12-11-;. The molecule has 41 heavy (non-hydrogen) atoms. The van der Waals surface area contributed by atoms with Crippen molar-refractivity contribution in [2.45, 2.75) is 94.9 Å². The molecular formula is C36H46IrNO2S-. The maximum atomic E-state index is 12.2. The molecule has 2 heterocycles. The molecule has 4 aromatic rings. The maximum absolute atomic E-state index is 12.2. The predicted molar refractivity (Wildman–Crippen MR) is 173 cm³/mol. The zero-order chi connectivity index (χ0) is 29.8. The van der Waals surface area contributed by atoms with Crippen molar-refractivity contribution in [1.82, 2.24) is 4.98 Å². The van der Waals surface area contributed by atoms with Crippen LogP contribution in [0.5, 0.6) is 0 Å². The molecule has 1 N–H and O–H groups in total. The Morgan fingerprint density at radius 1 is 0.951 bits per heavy atom. The monoisotopic (exact) mass is 749 g/mol. The molecule has 5 heteroatoms. The molecule has 0 aliphatic carbocycles. The molecule has 0 amide bonds. The van der Waals surface area contributed by atoms with Gasteiger partial charge in [-0.3, -0.25) is 9.78 Å². The van der Waals surface area contributed by atoms with Gasteiger partial charge in [-0.15, -0.1) is 46.2 Å². The summed E-state index contributed by atoms with van der Waals surface area (Å²) in [5.41, 5.74) is 6.40. The second kappa shape index (κ2) is 14.2. The smallest absolute Gasteiger partial charge is 0.164 e. The van der Waals surface area contributed by atoms with Crippen molar-refractivity contribution < 1.29 is 30.0 Å². The van der Waals surface area contributed by atoms with Crippen molar-refractivity contribution in [2.24, 2.45) is 10.8 Å². The third-order valence-corrected chi connectivity index (χ3v) is 10.2. The van der Waals surface area contributed by atoms with E-state index in [1.54, 1.807) is 0 Å². The Bertz CT molecular complexity index is 1520. The van der Waals surface area contributed by atoms with E-state index in [0.717, 1.165) is 48.0 Å². The molecule has 0 unspecified atom stereocenters. The number of nitrogens with zero attached hydrogens (tertiary/aromatic N) is 1. The van der Waals surface area contributed by atoms with Crippen LogP contribution in [-0.2, 0) is 24.9 Å². The average molecular weight is 749 g/mol. The van der Waals surface area contributed by atoms with Gasteiger partial charge in [0.15, 0.2) is 5.78 Å². The molecule has 0 saturated carbocycles. The van der Waals surface area contributed by atoms with E-state index in [1.165, 1.54) is 37.6 Å². The second-order valence-electron chi connectivity index (χ2n) is 11.6. The third kappa shape index (κ3) is 7.36. The van der Waals surface area contributed by atoms with Crippen LogP contribution in [0.25, 0.3) is 32.2 Å². The number of hydrogen-bond donors (Lipinski definition) is 1. The summed E-state index contributed by atoms with van der Waals surface area (Å²) in [5.74, 6) is 0.286. The summed E-state index contributed by atoms with van der Waals surface area (Å²) < 4.78 is 1.28. The first-order valence-corrected chi connectivity index (χ1v) is 15.4. The topological polar surface area (TPSA) is 50.2 Å². The number of hydrogen-bond acceptors (Lipinski definition) is 4. The Labute approximate surface area is 264 Å². The van der Waals surface area contributed by atoms with Gasteiger partial charge in [0.25, 0.3) is 0 Å². The number of benzene rings is 2. The summed E-state index contributed by atoms with van der Waals surface area (Å²) in [5, 5.41) is 12.7. The van der Waals surface area contributed by atoms with Crippen LogP contribution in [0.4, 0.5) is 0 Å². The van der Waals surface area contributed by atoms with E-state index in [9.17, 15) is 9.90 Å². The number of aryl methyl sites for hydroxylation is 4. The van der Waals surface area contributed by atoms with Crippen molar-refractivity contribution >= 4 is 38.1 Å². The molecule has 0 bridgehead atoms. The SMILES string of the molecule is CCC(C)(CC)C(=O)/C=C(\O)C(C)(CC)CC.Cc1[c-]c(-c2nc3ccccc3c3c(C)c(C)sc23)cc(C)c1.[Ir]. The Morgan fingerprint density at radius 3 is 2.10 bits per heavy atom.